The van der Waals surface area contributed by atoms with Gasteiger partial charge in [0.1, 0.15) is 5.60 Å². The molecule has 23 heavy (non-hydrogen) atoms. The van der Waals surface area contributed by atoms with Gasteiger partial charge in [-0.25, -0.2) is 4.79 Å². The van der Waals surface area contributed by atoms with Crippen molar-refractivity contribution in [2.24, 2.45) is 5.73 Å². The third-order valence-corrected chi connectivity index (χ3v) is 3.44. The van der Waals surface area contributed by atoms with E-state index in [1.54, 1.807) is 22.0 Å². The lowest BCUT2D eigenvalue weighted by atomic mass is 10.2. The number of carbonyl (C=O) groups excluding carboxylic acids is 2. The third kappa shape index (κ3) is 6.40. The zero-order valence-electron chi connectivity index (χ0n) is 13.9. The lowest BCUT2D eigenvalue weighted by molar-refractivity contribution is -0.128. The molecule has 0 atom stereocenters. The quantitative estimate of drug-likeness (QED) is 0.468. The van der Waals surface area contributed by atoms with Gasteiger partial charge in [0.15, 0.2) is 0 Å². The molecule has 1 aliphatic heterocycles. The van der Waals surface area contributed by atoms with E-state index in [1.165, 1.54) is 6.08 Å². The number of allylic oxidation sites excluding steroid dienone is 3. The first-order valence-corrected chi connectivity index (χ1v) is 7.85. The van der Waals surface area contributed by atoms with Gasteiger partial charge in [0.2, 0.25) is 0 Å². The highest BCUT2D eigenvalue weighted by Gasteiger charge is 2.28. The minimum atomic E-state index is -0.529. The number of thiol groups is 1. The number of hydrogen-bond acceptors (Lipinski definition) is 5. The van der Waals surface area contributed by atoms with Crippen molar-refractivity contribution >= 4 is 24.6 Å². The summed E-state index contributed by atoms with van der Waals surface area (Å²) in [6, 6.07) is 0. The second kappa shape index (κ2) is 8.10. The maximum Gasteiger partial charge on any atom is 0.410 e. The lowest BCUT2D eigenvalue weighted by Crippen LogP contribution is -2.52. The molecule has 128 valence electrons. The first kappa shape index (κ1) is 19.2. The maximum atomic E-state index is 12.2. The highest BCUT2D eigenvalue weighted by Crippen LogP contribution is 2.12. The first-order chi connectivity index (χ1) is 10.6. The highest BCUT2D eigenvalue weighted by atomic mass is 32.1. The number of amides is 2. The molecular formula is C16H25N3O3S. The fraction of sp³-hybridized carbons (Fsp3) is 0.500. The van der Waals surface area contributed by atoms with E-state index in [1.807, 2.05) is 20.8 Å². The molecule has 2 N–H and O–H groups in total. The maximum absolute atomic E-state index is 12.2. The average molecular weight is 339 g/mol. The summed E-state index contributed by atoms with van der Waals surface area (Å²) < 4.78 is 5.32. The molecule has 1 fully saturated rings. The van der Waals surface area contributed by atoms with Crippen LogP contribution in [0, 0.1) is 0 Å². The highest BCUT2D eigenvalue weighted by molar-refractivity contribution is 7.84. The normalized spacial score (nSPS) is 17.0. The Morgan fingerprint density at radius 3 is 2.13 bits per heavy atom. The molecule has 7 heteroatoms. The monoisotopic (exact) mass is 339 g/mol. The zero-order valence-corrected chi connectivity index (χ0v) is 14.8. The molecular weight excluding hydrogens is 314 g/mol. The summed E-state index contributed by atoms with van der Waals surface area (Å²) in [5.41, 5.74) is 5.38. The SMILES string of the molecule is C=C/C(S)=C\C=C(/N)C(=O)N1CCN(C(=O)OC(C)(C)C)CC1. The minimum Gasteiger partial charge on any atom is -0.444 e. The fourth-order valence-electron chi connectivity index (χ4n) is 1.92. The molecule has 0 bridgehead atoms. The molecule has 1 heterocycles. The zero-order chi connectivity index (χ0) is 17.6. The number of piperazine rings is 1. The van der Waals surface area contributed by atoms with E-state index < -0.39 is 5.60 Å². The van der Waals surface area contributed by atoms with Gasteiger partial charge in [-0.1, -0.05) is 12.7 Å². The summed E-state index contributed by atoms with van der Waals surface area (Å²) >= 11 is 4.13. The molecule has 0 aliphatic carbocycles. The molecule has 0 unspecified atom stereocenters. The van der Waals surface area contributed by atoms with Gasteiger partial charge in [0.05, 0.1) is 5.70 Å². The standard InChI is InChI=1S/C16H25N3O3S/c1-5-12(23)6-7-13(17)14(20)18-8-10-19(11-9-18)15(21)22-16(2,3)4/h5-7,23H,1,8-11,17H2,2-4H3/b12-6+,13-7-. The van der Waals surface area contributed by atoms with Crippen LogP contribution < -0.4 is 5.73 Å². The number of nitrogens with zero attached hydrogens (tertiary/aromatic N) is 2. The Kier molecular flexibility index (Phi) is 6.75. The molecule has 0 aromatic rings. The Hall–Kier alpha value is -1.89. The molecule has 1 aliphatic rings. The largest absolute Gasteiger partial charge is 0.444 e. The van der Waals surface area contributed by atoms with Crippen molar-refractivity contribution in [3.8, 4) is 0 Å². The molecule has 0 saturated carbocycles. The van der Waals surface area contributed by atoms with E-state index in [0.717, 1.165) is 0 Å². The van der Waals surface area contributed by atoms with E-state index in [-0.39, 0.29) is 17.7 Å². The van der Waals surface area contributed by atoms with Crippen LogP contribution in [0.1, 0.15) is 20.8 Å². The number of carbonyl (C=O) groups is 2. The summed E-state index contributed by atoms with van der Waals surface area (Å²) in [5.74, 6) is -0.254. The first-order valence-electron chi connectivity index (χ1n) is 7.40. The number of hydrogen-bond donors (Lipinski definition) is 2. The molecule has 1 rings (SSSR count). The van der Waals surface area contributed by atoms with E-state index in [4.69, 9.17) is 10.5 Å². The van der Waals surface area contributed by atoms with Gasteiger partial charge in [0.25, 0.3) is 5.91 Å². The van der Waals surface area contributed by atoms with Crippen LogP contribution in [0.2, 0.25) is 0 Å². The molecule has 0 radical (unpaired) electrons. The third-order valence-electron chi connectivity index (χ3n) is 3.11. The van der Waals surface area contributed by atoms with Crippen LogP contribution in [0.25, 0.3) is 0 Å². The van der Waals surface area contributed by atoms with Crippen molar-refractivity contribution in [2.45, 2.75) is 26.4 Å². The topological polar surface area (TPSA) is 75.9 Å². The van der Waals surface area contributed by atoms with Crippen LogP contribution in [0.4, 0.5) is 4.79 Å². The number of rotatable bonds is 3. The van der Waals surface area contributed by atoms with E-state index in [0.29, 0.717) is 31.1 Å². The van der Waals surface area contributed by atoms with Gasteiger partial charge < -0.3 is 20.3 Å². The number of nitrogens with two attached hydrogens (primary N) is 1. The summed E-state index contributed by atoms with van der Waals surface area (Å²) in [6.45, 7) is 10.7. The summed E-state index contributed by atoms with van der Waals surface area (Å²) in [7, 11) is 0. The predicted molar refractivity (Wildman–Crippen MR) is 93.9 cm³/mol. The van der Waals surface area contributed by atoms with Gasteiger partial charge in [0, 0.05) is 31.1 Å². The van der Waals surface area contributed by atoms with Crippen molar-refractivity contribution in [3.05, 3.63) is 35.4 Å². The van der Waals surface area contributed by atoms with Crippen molar-refractivity contribution in [1.29, 1.82) is 0 Å². The Morgan fingerprint density at radius 2 is 1.65 bits per heavy atom. The molecule has 2 amide bonds. The van der Waals surface area contributed by atoms with Crippen molar-refractivity contribution in [2.75, 3.05) is 26.2 Å². The number of ether oxygens (including phenoxy) is 1. The summed E-state index contributed by atoms with van der Waals surface area (Å²) in [4.78, 5) is 28.0. The Bertz CT molecular complexity index is 527. The van der Waals surface area contributed by atoms with Gasteiger partial charge in [-0.3, -0.25) is 4.79 Å². The van der Waals surface area contributed by atoms with Crippen LogP contribution in [0.3, 0.4) is 0 Å². The fourth-order valence-corrected chi connectivity index (χ4v) is 1.99. The average Bonchev–Trinajstić information content (AvgIpc) is 2.49. The molecule has 6 nitrogen and oxygen atoms in total. The van der Waals surface area contributed by atoms with Gasteiger partial charge in [-0.2, -0.15) is 0 Å². The van der Waals surface area contributed by atoms with Gasteiger partial charge in [-0.05, 0) is 32.9 Å². The lowest BCUT2D eigenvalue weighted by Gasteiger charge is -2.35. The second-order valence-electron chi connectivity index (χ2n) is 6.18. The van der Waals surface area contributed by atoms with Crippen molar-refractivity contribution in [3.63, 3.8) is 0 Å². The van der Waals surface area contributed by atoms with Gasteiger partial charge >= 0.3 is 6.09 Å². The van der Waals surface area contributed by atoms with Crippen LogP contribution in [-0.2, 0) is 9.53 Å². The predicted octanol–water partition coefficient (Wildman–Crippen LogP) is 1.91. The molecule has 0 aromatic heterocycles. The smallest absolute Gasteiger partial charge is 0.410 e. The van der Waals surface area contributed by atoms with Crippen molar-refractivity contribution in [1.82, 2.24) is 9.80 Å². The van der Waals surface area contributed by atoms with E-state index >= 15 is 0 Å². The Morgan fingerprint density at radius 1 is 1.13 bits per heavy atom. The Balaban J connectivity index is 2.57. The van der Waals surface area contributed by atoms with Crippen molar-refractivity contribution < 1.29 is 14.3 Å². The van der Waals surface area contributed by atoms with E-state index in [9.17, 15) is 9.59 Å². The van der Waals surface area contributed by atoms with Crippen LogP contribution in [0.5, 0.6) is 0 Å². The Labute approximate surface area is 143 Å². The molecule has 1 saturated heterocycles. The minimum absolute atomic E-state index is 0.129. The van der Waals surface area contributed by atoms with E-state index in [2.05, 4.69) is 19.2 Å². The van der Waals surface area contributed by atoms with Crippen LogP contribution in [0.15, 0.2) is 35.4 Å². The second-order valence-corrected chi connectivity index (χ2v) is 6.69. The summed E-state index contributed by atoms with van der Waals surface area (Å²) in [5, 5.41) is 0. The molecule has 0 aromatic carbocycles. The summed E-state index contributed by atoms with van der Waals surface area (Å²) in [6.07, 6.45) is 4.31. The molecule has 0 spiro atoms. The van der Waals surface area contributed by atoms with Gasteiger partial charge in [-0.15, -0.1) is 12.6 Å². The van der Waals surface area contributed by atoms with Crippen LogP contribution in [-0.4, -0.2) is 53.6 Å². The van der Waals surface area contributed by atoms with Crippen LogP contribution >= 0.6 is 12.6 Å².